The predicted octanol–water partition coefficient (Wildman–Crippen LogP) is 5.70. The van der Waals surface area contributed by atoms with Crippen molar-refractivity contribution in [3.05, 3.63) is 90.2 Å². The summed E-state index contributed by atoms with van der Waals surface area (Å²) in [6.07, 6.45) is 2.39. The summed E-state index contributed by atoms with van der Waals surface area (Å²) >= 11 is 0. The number of hydrogen-bond donors (Lipinski definition) is 2. The minimum absolute atomic E-state index is 0.0492. The summed E-state index contributed by atoms with van der Waals surface area (Å²) in [6.45, 7) is 1.87. The van der Waals surface area contributed by atoms with Gasteiger partial charge in [-0.1, -0.05) is 42.5 Å². The Morgan fingerprint density at radius 2 is 1.63 bits per heavy atom. The van der Waals surface area contributed by atoms with Crippen molar-refractivity contribution in [3.8, 4) is 11.3 Å². The maximum Gasteiger partial charge on any atom is 0.240 e. The second-order valence-electron chi connectivity index (χ2n) is 10.1. The molecule has 0 radical (unpaired) electrons. The quantitative estimate of drug-likeness (QED) is 0.320. The number of aromatic nitrogens is 1. The van der Waals surface area contributed by atoms with Crippen LogP contribution in [0, 0.1) is 11.7 Å². The zero-order valence-electron chi connectivity index (χ0n) is 21.5. The van der Waals surface area contributed by atoms with Crippen molar-refractivity contribution in [3.63, 3.8) is 0 Å². The Balaban J connectivity index is 1.21. The van der Waals surface area contributed by atoms with Crippen LogP contribution < -0.4 is 10.0 Å². The number of carbonyl (C=O) groups is 1. The van der Waals surface area contributed by atoms with Gasteiger partial charge in [-0.25, -0.2) is 17.5 Å². The number of rotatable bonds is 7. The van der Waals surface area contributed by atoms with Crippen molar-refractivity contribution in [2.24, 2.45) is 13.0 Å². The minimum Gasteiger partial charge on any atom is -0.349 e. The van der Waals surface area contributed by atoms with Crippen LogP contribution in [0.15, 0.2) is 83.8 Å². The van der Waals surface area contributed by atoms with Crippen molar-refractivity contribution in [1.29, 1.82) is 0 Å². The Hall–Kier alpha value is -3.49. The van der Waals surface area contributed by atoms with Gasteiger partial charge in [0.1, 0.15) is 5.82 Å². The molecule has 3 aromatic carbocycles. The molecule has 0 spiro atoms. The molecule has 1 amide bonds. The van der Waals surface area contributed by atoms with Gasteiger partial charge in [0.2, 0.25) is 15.9 Å². The number of sulfonamides is 1. The van der Waals surface area contributed by atoms with Crippen molar-refractivity contribution in [2.45, 2.75) is 49.6 Å². The molecule has 5 rings (SSSR count). The highest BCUT2D eigenvalue weighted by atomic mass is 32.2. The highest BCUT2D eigenvalue weighted by Crippen LogP contribution is 2.30. The first-order valence-electron chi connectivity index (χ1n) is 12.9. The number of nitrogens with zero attached hydrogens (tertiary/aromatic N) is 1. The van der Waals surface area contributed by atoms with E-state index in [0.717, 1.165) is 27.7 Å². The third-order valence-corrected chi connectivity index (χ3v) is 9.06. The lowest BCUT2D eigenvalue weighted by molar-refractivity contribution is -0.126. The van der Waals surface area contributed by atoms with Crippen LogP contribution >= 0.6 is 0 Å². The van der Waals surface area contributed by atoms with E-state index in [0.29, 0.717) is 25.7 Å². The fraction of sp³-hybridized carbons (Fsp3) is 0.300. The molecule has 1 aliphatic rings. The number of amides is 1. The second kappa shape index (κ2) is 10.7. The first kappa shape index (κ1) is 26.1. The Labute approximate surface area is 222 Å². The standard InChI is InChI=1S/C30H32FN3O3S/c1-20(21-8-12-25(31)13-9-21)32-30(35)23-10-14-26(15-11-23)33-38(36,37)27-16-17-28-24(18-27)19-29(34(28)2)22-6-4-3-5-7-22/h3-9,12-13,16-20,23,26,33H,10-11,14-15H2,1-2H3,(H,32,35). The first-order chi connectivity index (χ1) is 18.2. The summed E-state index contributed by atoms with van der Waals surface area (Å²) in [5.74, 6) is -0.531. The summed E-state index contributed by atoms with van der Waals surface area (Å²) in [5.41, 5.74) is 3.90. The highest BCUT2D eigenvalue weighted by molar-refractivity contribution is 7.89. The van der Waals surface area contributed by atoms with Gasteiger partial charge in [0.25, 0.3) is 0 Å². The number of hydrogen-bond acceptors (Lipinski definition) is 3. The first-order valence-corrected chi connectivity index (χ1v) is 14.4. The number of fused-ring (bicyclic) bond motifs is 1. The van der Waals surface area contributed by atoms with Crippen LogP contribution in [0.2, 0.25) is 0 Å². The molecule has 1 heterocycles. The van der Waals surface area contributed by atoms with Gasteiger partial charge in [0, 0.05) is 35.6 Å². The highest BCUT2D eigenvalue weighted by Gasteiger charge is 2.30. The molecule has 1 unspecified atom stereocenters. The van der Waals surface area contributed by atoms with E-state index in [-0.39, 0.29) is 34.6 Å². The normalized spacial score (nSPS) is 18.8. The molecule has 6 nitrogen and oxygen atoms in total. The van der Waals surface area contributed by atoms with Gasteiger partial charge in [0.05, 0.1) is 10.9 Å². The molecule has 1 fully saturated rings. The number of nitrogens with one attached hydrogen (secondary N) is 2. The van der Waals surface area contributed by atoms with Gasteiger partial charge in [0.15, 0.2) is 0 Å². The topological polar surface area (TPSA) is 80.2 Å². The van der Waals surface area contributed by atoms with E-state index in [9.17, 15) is 17.6 Å². The summed E-state index contributed by atoms with van der Waals surface area (Å²) in [7, 11) is -1.73. The largest absolute Gasteiger partial charge is 0.349 e. The molecule has 38 heavy (non-hydrogen) atoms. The van der Waals surface area contributed by atoms with Gasteiger partial charge in [-0.3, -0.25) is 4.79 Å². The van der Waals surface area contributed by atoms with Gasteiger partial charge in [-0.2, -0.15) is 0 Å². The lowest BCUT2D eigenvalue weighted by atomic mass is 9.85. The van der Waals surface area contributed by atoms with Gasteiger partial charge >= 0.3 is 0 Å². The zero-order chi connectivity index (χ0) is 26.9. The van der Waals surface area contributed by atoms with Crippen LogP contribution in [0.4, 0.5) is 4.39 Å². The lowest BCUT2D eigenvalue weighted by Gasteiger charge is -2.29. The summed E-state index contributed by atoms with van der Waals surface area (Å²) in [4.78, 5) is 13.0. The van der Waals surface area contributed by atoms with E-state index in [1.54, 1.807) is 24.3 Å². The van der Waals surface area contributed by atoms with Crippen LogP contribution in [-0.2, 0) is 21.9 Å². The molecule has 0 saturated heterocycles. The van der Waals surface area contributed by atoms with E-state index >= 15 is 0 Å². The van der Waals surface area contributed by atoms with E-state index in [4.69, 9.17) is 0 Å². The molecule has 198 valence electrons. The Kier molecular flexibility index (Phi) is 7.36. The fourth-order valence-corrected chi connectivity index (χ4v) is 6.65. The van der Waals surface area contributed by atoms with Gasteiger partial charge in [-0.05, 0) is 80.1 Å². The molecule has 1 atom stereocenters. The maximum atomic E-state index is 13.2. The molecular weight excluding hydrogens is 501 g/mol. The van der Waals surface area contributed by atoms with Crippen LogP contribution in [-0.4, -0.2) is 24.9 Å². The number of aryl methyl sites for hydroxylation is 1. The third-order valence-electron chi connectivity index (χ3n) is 7.54. The third kappa shape index (κ3) is 5.51. The molecule has 0 aliphatic heterocycles. The van der Waals surface area contributed by atoms with Crippen molar-refractivity contribution >= 4 is 26.8 Å². The second-order valence-corrected chi connectivity index (χ2v) is 11.8. The molecule has 2 N–H and O–H groups in total. The summed E-state index contributed by atoms with van der Waals surface area (Å²) in [6, 6.07) is 22.9. The lowest BCUT2D eigenvalue weighted by Crippen LogP contribution is -2.41. The Morgan fingerprint density at radius 3 is 2.32 bits per heavy atom. The molecular formula is C30H32FN3O3S. The number of halogens is 1. The van der Waals surface area contributed by atoms with Gasteiger partial charge < -0.3 is 9.88 Å². The molecule has 0 bridgehead atoms. The Morgan fingerprint density at radius 1 is 0.947 bits per heavy atom. The zero-order valence-corrected chi connectivity index (χ0v) is 22.3. The molecule has 1 saturated carbocycles. The molecule has 1 aromatic heterocycles. The summed E-state index contributed by atoms with van der Waals surface area (Å²) < 4.78 is 44.6. The van der Waals surface area contributed by atoms with Crippen LogP contribution in [0.1, 0.15) is 44.2 Å². The predicted molar refractivity (Wildman–Crippen MR) is 147 cm³/mol. The van der Waals surface area contributed by atoms with Crippen molar-refractivity contribution < 1.29 is 17.6 Å². The Bertz CT molecular complexity index is 1540. The minimum atomic E-state index is -3.71. The smallest absolute Gasteiger partial charge is 0.240 e. The van der Waals surface area contributed by atoms with Gasteiger partial charge in [-0.15, -0.1) is 0 Å². The van der Waals surface area contributed by atoms with Crippen LogP contribution in [0.5, 0.6) is 0 Å². The van der Waals surface area contributed by atoms with Crippen molar-refractivity contribution in [1.82, 2.24) is 14.6 Å². The van der Waals surface area contributed by atoms with E-state index in [2.05, 4.69) is 14.6 Å². The SMILES string of the molecule is CC(NC(=O)C1CCC(NS(=O)(=O)c2ccc3c(c2)cc(-c2ccccc2)n3C)CC1)c1ccc(F)cc1. The molecule has 1 aliphatic carbocycles. The van der Waals surface area contributed by atoms with E-state index < -0.39 is 10.0 Å². The van der Waals surface area contributed by atoms with E-state index in [1.807, 2.05) is 56.4 Å². The maximum absolute atomic E-state index is 13.2. The van der Waals surface area contributed by atoms with Crippen LogP contribution in [0.25, 0.3) is 22.2 Å². The monoisotopic (exact) mass is 533 g/mol. The fourth-order valence-electron chi connectivity index (χ4n) is 5.31. The van der Waals surface area contributed by atoms with Crippen molar-refractivity contribution in [2.75, 3.05) is 0 Å². The van der Waals surface area contributed by atoms with E-state index in [1.165, 1.54) is 12.1 Å². The molecule has 8 heteroatoms. The van der Waals surface area contributed by atoms with Crippen LogP contribution in [0.3, 0.4) is 0 Å². The number of carbonyl (C=O) groups excluding carboxylic acids is 1. The average molecular weight is 534 g/mol. The molecule has 4 aromatic rings. The summed E-state index contributed by atoms with van der Waals surface area (Å²) in [5, 5.41) is 3.87. The average Bonchev–Trinajstić information content (AvgIpc) is 3.25. The number of benzene rings is 3.